The van der Waals surface area contributed by atoms with Gasteiger partial charge in [-0.25, -0.2) is 0 Å². The first-order chi connectivity index (χ1) is 11.3. The van der Waals surface area contributed by atoms with Crippen LogP contribution in [0, 0.1) is 11.8 Å². The van der Waals surface area contributed by atoms with Gasteiger partial charge < -0.3 is 9.47 Å². The van der Waals surface area contributed by atoms with Crippen LogP contribution >= 0.6 is 0 Å². The number of carbonyl (C=O) groups excluding carboxylic acids is 2. The molecule has 1 aromatic carbocycles. The van der Waals surface area contributed by atoms with Gasteiger partial charge in [0.2, 0.25) is 0 Å². The molecule has 0 fully saturated rings. The molecule has 0 amide bonds. The van der Waals surface area contributed by atoms with Crippen molar-refractivity contribution in [3.63, 3.8) is 0 Å². The van der Waals surface area contributed by atoms with Crippen LogP contribution in [0.3, 0.4) is 0 Å². The van der Waals surface area contributed by atoms with Crippen LogP contribution in [0.15, 0.2) is 18.2 Å². The van der Waals surface area contributed by atoms with Crippen LogP contribution in [0.2, 0.25) is 0 Å². The first-order valence-electron chi connectivity index (χ1n) is 8.70. The second-order valence-corrected chi connectivity index (χ2v) is 6.24. The fraction of sp³-hybridized carbons (Fsp3) is 0.600. The Morgan fingerprint density at radius 2 is 1.58 bits per heavy atom. The highest BCUT2D eigenvalue weighted by atomic mass is 16.5. The second-order valence-electron chi connectivity index (χ2n) is 6.24. The molecule has 0 bridgehead atoms. The molecule has 4 heteroatoms. The van der Waals surface area contributed by atoms with Crippen molar-refractivity contribution in [3.05, 3.63) is 34.9 Å². The first-order valence-corrected chi connectivity index (χ1v) is 8.70. The number of hydrogen-bond donors (Lipinski definition) is 0. The first kappa shape index (κ1) is 22.2. The summed E-state index contributed by atoms with van der Waals surface area (Å²) in [6, 6.07) is 5.93. The molecule has 0 N–H and O–H groups in total. The highest BCUT2D eigenvalue weighted by Gasteiger charge is 2.12. The van der Waals surface area contributed by atoms with E-state index >= 15 is 0 Å². The van der Waals surface area contributed by atoms with Crippen LogP contribution in [-0.4, -0.2) is 11.9 Å². The quantitative estimate of drug-likeness (QED) is 0.679. The van der Waals surface area contributed by atoms with Gasteiger partial charge in [0.1, 0.15) is 13.2 Å². The minimum Gasteiger partial charge on any atom is -0.461 e. The van der Waals surface area contributed by atoms with E-state index < -0.39 is 0 Å². The fourth-order valence-corrected chi connectivity index (χ4v) is 2.04. The van der Waals surface area contributed by atoms with Crippen LogP contribution in [-0.2, 0) is 38.7 Å². The Balaban J connectivity index is 0.00000254. The summed E-state index contributed by atoms with van der Waals surface area (Å²) in [7, 11) is 0. The zero-order valence-electron chi connectivity index (χ0n) is 16.1. The molecule has 1 aromatic rings. The number of carbonyl (C=O) groups is 2. The van der Waals surface area contributed by atoms with Crippen molar-refractivity contribution in [2.75, 3.05) is 0 Å². The molecule has 0 aliphatic rings. The largest absolute Gasteiger partial charge is 0.461 e. The Kier molecular flexibility index (Phi) is 10.8. The summed E-state index contributed by atoms with van der Waals surface area (Å²) >= 11 is 0. The molecule has 0 aliphatic carbocycles. The lowest BCUT2D eigenvalue weighted by Crippen LogP contribution is -2.13. The lowest BCUT2D eigenvalue weighted by Gasteiger charge is -2.15. The van der Waals surface area contributed by atoms with Crippen LogP contribution < -0.4 is 0 Å². The minimum absolute atomic E-state index is 0.141. The van der Waals surface area contributed by atoms with E-state index in [1.54, 1.807) is 0 Å². The van der Waals surface area contributed by atoms with Crippen LogP contribution in [0.1, 0.15) is 65.2 Å². The molecule has 0 heterocycles. The van der Waals surface area contributed by atoms with Crippen molar-refractivity contribution in [1.29, 1.82) is 0 Å². The third-order valence-corrected chi connectivity index (χ3v) is 3.18. The molecule has 0 aromatic heterocycles. The summed E-state index contributed by atoms with van der Waals surface area (Å²) in [5, 5.41) is 0. The molecule has 0 saturated carbocycles. The summed E-state index contributed by atoms with van der Waals surface area (Å²) in [5.41, 5.74) is 3.05. The number of esters is 2. The van der Waals surface area contributed by atoms with E-state index in [1.165, 1.54) is 6.92 Å². The Morgan fingerprint density at radius 3 is 2.08 bits per heavy atom. The van der Waals surface area contributed by atoms with Crippen molar-refractivity contribution in [3.8, 4) is 0 Å². The normalized spacial score (nSPS) is 10.2. The van der Waals surface area contributed by atoms with Crippen molar-refractivity contribution in [2.45, 2.75) is 68.1 Å². The predicted octanol–water partition coefficient (Wildman–Crippen LogP) is 4.67. The van der Waals surface area contributed by atoms with Gasteiger partial charge in [0.25, 0.3) is 0 Å². The van der Waals surface area contributed by atoms with Gasteiger partial charge in [0.15, 0.2) is 0 Å². The van der Waals surface area contributed by atoms with Crippen molar-refractivity contribution in [2.24, 2.45) is 11.8 Å². The van der Waals surface area contributed by atoms with E-state index in [0.717, 1.165) is 23.1 Å². The maximum absolute atomic E-state index is 11.7. The van der Waals surface area contributed by atoms with Crippen molar-refractivity contribution < 1.29 is 19.1 Å². The number of benzene rings is 1. The molecule has 0 saturated heterocycles. The lowest BCUT2D eigenvalue weighted by atomic mass is 9.96. The van der Waals surface area contributed by atoms with Crippen LogP contribution in [0.5, 0.6) is 0 Å². The Hall–Kier alpha value is -1.84. The van der Waals surface area contributed by atoms with E-state index in [1.807, 2.05) is 45.9 Å². The molecule has 0 spiro atoms. The molecule has 4 nitrogen and oxygen atoms in total. The zero-order valence-corrected chi connectivity index (χ0v) is 16.1. The zero-order chi connectivity index (χ0) is 18.7. The summed E-state index contributed by atoms with van der Waals surface area (Å²) in [4.78, 5) is 22.6. The highest BCUT2D eigenvalue weighted by Crippen LogP contribution is 2.18. The van der Waals surface area contributed by atoms with Crippen LogP contribution in [0.25, 0.3) is 0 Å². The molecule has 0 aliphatic heterocycles. The molecule has 136 valence electrons. The summed E-state index contributed by atoms with van der Waals surface area (Å²) in [5.74, 6) is -0.142. The van der Waals surface area contributed by atoms with E-state index in [2.05, 4.69) is 13.8 Å². The summed E-state index contributed by atoms with van der Waals surface area (Å²) < 4.78 is 10.4. The molecule has 0 unspecified atom stereocenters. The van der Waals surface area contributed by atoms with E-state index in [-0.39, 0.29) is 31.1 Å². The summed E-state index contributed by atoms with van der Waals surface area (Å²) in [6.07, 6.45) is 0.919. The second kappa shape index (κ2) is 11.7. The third kappa shape index (κ3) is 8.70. The average molecular weight is 336 g/mol. The smallest absolute Gasteiger partial charge is 0.308 e. The van der Waals surface area contributed by atoms with Gasteiger partial charge >= 0.3 is 11.9 Å². The molecule has 0 radical (unpaired) electrons. The van der Waals surface area contributed by atoms with Gasteiger partial charge in [-0.05, 0) is 35.1 Å². The maximum atomic E-state index is 11.7. The van der Waals surface area contributed by atoms with Gasteiger partial charge in [0.05, 0.1) is 5.92 Å². The summed E-state index contributed by atoms with van der Waals surface area (Å²) in [6.45, 7) is 13.8. The van der Waals surface area contributed by atoms with Crippen molar-refractivity contribution in [1.82, 2.24) is 0 Å². The van der Waals surface area contributed by atoms with E-state index in [9.17, 15) is 9.59 Å². The standard InChI is InChI=1S/C18H26O4.C2H6/c1-12(2)8-16-7-6-15(10-21-14(5)19)9-17(16)11-22-18(20)13(3)4;1-2/h6-7,9,12-13H,8,10-11H2,1-5H3;1-2H3. The highest BCUT2D eigenvalue weighted by molar-refractivity contribution is 5.71. The van der Waals surface area contributed by atoms with Crippen molar-refractivity contribution >= 4 is 11.9 Å². The van der Waals surface area contributed by atoms with Gasteiger partial charge in [-0.3, -0.25) is 9.59 Å². The van der Waals surface area contributed by atoms with E-state index in [4.69, 9.17) is 9.47 Å². The maximum Gasteiger partial charge on any atom is 0.308 e. The van der Waals surface area contributed by atoms with Gasteiger partial charge in [-0.1, -0.05) is 53.7 Å². The topological polar surface area (TPSA) is 52.6 Å². The molecular formula is C20H32O4. The Labute approximate surface area is 146 Å². The molecule has 1 rings (SSSR count). The average Bonchev–Trinajstić information content (AvgIpc) is 2.53. The van der Waals surface area contributed by atoms with Crippen LogP contribution in [0.4, 0.5) is 0 Å². The lowest BCUT2D eigenvalue weighted by molar-refractivity contribution is -0.148. The number of hydrogen-bond acceptors (Lipinski definition) is 4. The third-order valence-electron chi connectivity index (χ3n) is 3.18. The monoisotopic (exact) mass is 336 g/mol. The minimum atomic E-state index is -0.306. The molecule has 24 heavy (non-hydrogen) atoms. The van der Waals surface area contributed by atoms with Gasteiger partial charge in [-0.15, -0.1) is 0 Å². The Bertz CT molecular complexity index is 518. The fourth-order valence-electron chi connectivity index (χ4n) is 2.04. The predicted molar refractivity (Wildman–Crippen MR) is 96.4 cm³/mol. The number of ether oxygens (including phenoxy) is 2. The SMILES string of the molecule is CC.CC(=O)OCc1ccc(CC(C)C)c(COC(=O)C(C)C)c1. The number of rotatable bonds is 7. The van der Waals surface area contributed by atoms with E-state index in [0.29, 0.717) is 5.92 Å². The Morgan fingerprint density at radius 1 is 0.958 bits per heavy atom. The molecular weight excluding hydrogens is 304 g/mol. The van der Waals surface area contributed by atoms with Gasteiger partial charge in [-0.2, -0.15) is 0 Å². The van der Waals surface area contributed by atoms with Gasteiger partial charge in [0, 0.05) is 6.92 Å². The molecule has 0 atom stereocenters.